The van der Waals surface area contributed by atoms with Crippen molar-refractivity contribution in [2.75, 3.05) is 27.7 Å². The van der Waals surface area contributed by atoms with Crippen molar-refractivity contribution in [3.05, 3.63) is 35.4 Å². The van der Waals surface area contributed by atoms with Crippen LogP contribution >= 0.6 is 24.0 Å². The average molecular weight is 498 g/mol. The van der Waals surface area contributed by atoms with E-state index in [1.165, 1.54) is 38.5 Å². The van der Waals surface area contributed by atoms with Gasteiger partial charge in [-0.2, -0.15) is 0 Å². The van der Waals surface area contributed by atoms with Crippen molar-refractivity contribution < 1.29 is 4.79 Å². The van der Waals surface area contributed by atoms with Crippen LogP contribution in [0.2, 0.25) is 0 Å². The summed E-state index contributed by atoms with van der Waals surface area (Å²) in [5, 5.41) is 7.02. The van der Waals surface area contributed by atoms with E-state index >= 15 is 0 Å². The van der Waals surface area contributed by atoms with Gasteiger partial charge in [-0.25, -0.2) is 0 Å². The van der Waals surface area contributed by atoms with Crippen molar-refractivity contribution in [3.63, 3.8) is 0 Å². The molecule has 2 saturated carbocycles. The molecule has 0 bridgehead atoms. The van der Waals surface area contributed by atoms with Gasteiger partial charge >= 0.3 is 0 Å². The van der Waals surface area contributed by atoms with Crippen molar-refractivity contribution in [1.82, 2.24) is 15.5 Å². The Labute approximate surface area is 186 Å². The Bertz CT molecular complexity index is 670. The molecule has 2 atom stereocenters. The minimum atomic E-state index is 0. The summed E-state index contributed by atoms with van der Waals surface area (Å²) in [6, 6.07) is 8.49. The van der Waals surface area contributed by atoms with Crippen LogP contribution in [0.4, 0.5) is 0 Å². The lowest BCUT2D eigenvalue weighted by Crippen LogP contribution is -2.40. The summed E-state index contributed by atoms with van der Waals surface area (Å²) in [6.07, 6.45) is 9.23. The van der Waals surface area contributed by atoms with E-state index in [9.17, 15) is 4.79 Å². The highest BCUT2D eigenvalue weighted by Crippen LogP contribution is 2.44. The van der Waals surface area contributed by atoms with Crippen LogP contribution in [0.3, 0.4) is 0 Å². The number of hydrogen-bond donors (Lipinski definition) is 2. The first-order valence-corrected chi connectivity index (χ1v) is 10.4. The first-order valence-electron chi connectivity index (χ1n) is 10.4. The summed E-state index contributed by atoms with van der Waals surface area (Å²) in [5.41, 5.74) is 1.91. The zero-order valence-electron chi connectivity index (χ0n) is 17.4. The third-order valence-corrected chi connectivity index (χ3v) is 5.93. The fourth-order valence-electron chi connectivity index (χ4n) is 4.28. The van der Waals surface area contributed by atoms with E-state index in [1.807, 2.05) is 25.2 Å². The van der Waals surface area contributed by atoms with E-state index in [-0.39, 0.29) is 29.9 Å². The Morgan fingerprint density at radius 3 is 2.64 bits per heavy atom. The van der Waals surface area contributed by atoms with Crippen molar-refractivity contribution in [1.29, 1.82) is 0 Å². The van der Waals surface area contributed by atoms with Gasteiger partial charge in [-0.1, -0.05) is 44.2 Å². The van der Waals surface area contributed by atoms with Gasteiger partial charge < -0.3 is 15.5 Å². The number of hydrogen-bond acceptors (Lipinski definition) is 2. The fraction of sp³-hybridized carbons (Fsp3) is 0.636. The second-order valence-electron chi connectivity index (χ2n) is 8.20. The molecule has 156 valence electrons. The Hall–Kier alpha value is -1.31. The Morgan fingerprint density at radius 1 is 1.21 bits per heavy atom. The highest BCUT2D eigenvalue weighted by molar-refractivity contribution is 14.0. The van der Waals surface area contributed by atoms with Crippen LogP contribution in [0.25, 0.3) is 0 Å². The molecule has 1 aromatic carbocycles. The van der Waals surface area contributed by atoms with Crippen molar-refractivity contribution in [2.45, 2.75) is 51.0 Å². The lowest BCUT2D eigenvalue weighted by molar-refractivity contribution is 0.0827. The van der Waals surface area contributed by atoms with E-state index in [0.29, 0.717) is 6.04 Å². The molecular weight excluding hydrogens is 463 g/mol. The third-order valence-electron chi connectivity index (χ3n) is 5.93. The predicted octanol–water partition coefficient (Wildman–Crippen LogP) is 3.68. The molecule has 2 aliphatic rings. The number of carbonyl (C=O) groups excluding carboxylic acids is 1. The molecule has 2 fully saturated rings. The summed E-state index contributed by atoms with van der Waals surface area (Å²) in [6.45, 7) is 0.806. The summed E-state index contributed by atoms with van der Waals surface area (Å²) in [5.74, 6) is 2.72. The largest absolute Gasteiger partial charge is 0.356 e. The number of benzene rings is 1. The molecule has 0 spiro atoms. The van der Waals surface area contributed by atoms with Crippen LogP contribution in [-0.2, 0) is 6.42 Å². The van der Waals surface area contributed by atoms with E-state index in [0.717, 1.165) is 41.9 Å². The molecule has 2 unspecified atom stereocenters. The maximum atomic E-state index is 12.1. The second-order valence-corrected chi connectivity index (χ2v) is 8.20. The number of nitrogens with one attached hydrogen (secondary N) is 2. The molecule has 3 rings (SSSR count). The zero-order chi connectivity index (χ0) is 19.2. The number of carbonyl (C=O) groups is 1. The molecule has 0 aliphatic heterocycles. The lowest BCUT2D eigenvalue weighted by atomic mass is 9.85. The number of nitrogens with zero attached hydrogens (tertiary/aromatic N) is 2. The summed E-state index contributed by atoms with van der Waals surface area (Å²) in [7, 11) is 5.40. The van der Waals surface area contributed by atoms with Gasteiger partial charge in [-0.3, -0.25) is 9.79 Å². The molecule has 2 aliphatic carbocycles. The zero-order valence-corrected chi connectivity index (χ0v) is 19.7. The molecule has 28 heavy (non-hydrogen) atoms. The van der Waals surface area contributed by atoms with Gasteiger partial charge in [0.25, 0.3) is 5.91 Å². The van der Waals surface area contributed by atoms with E-state index < -0.39 is 0 Å². The van der Waals surface area contributed by atoms with Crippen LogP contribution in [0.5, 0.6) is 0 Å². The van der Waals surface area contributed by atoms with Crippen molar-refractivity contribution in [3.8, 4) is 0 Å². The van der Waals surface area contributed by atoms with Crippen LogP contribution in [-0.4, -0.2) is 50.5 Å². The first kappa shape index (κ1) is 23.0. The van der Waals surface area contributed by atoms with E-state index in [4.69, 9.17) is 0 Å². The lowest BCUT2D eigenvalue weighted by Gasteiger charge is -2.22. The monoisotopic (exact) mass is 498 g/mol. The molecule has 0 heterocycles. The van der Waals surface area contributed by atoms with Gasteiger partial charge in [-0.05, 0) is 42.4 Å². The third kappa shape index (κ3) is 6.36. The average Bonchev–Trinajstić information content (AvgIpc) is 3.46. The summed E-state index contributed by atoms with van der Waals surface area (Å²) in [4.78, 5) is 18.1. The second kappa shape index (κ2) is 11.0. The van der Waals surface area contributed by atoms with E-state index in [1.54, 1.807) is 19.0 Å². The first-order chi connectivity index (χ1) is 13.1. The molecule has 1 aromatic rings. The SMILES string of the molecule is CN=C(NCCc1cccc(C(=O)N(C)C)c1)NC1CC1C1CCCCC1.I. The normalized spacial score (nSPS) is 22.2. The fourth-order valence-corrected chi connectivity index (χ4v) is 4.28. The van der Waals surface area contributed by atoms with Crippen molar-refractivity contribution in [2.24, 2.45) is 16.8 Å². The highest BCUT2D eigenvalue weighted by Gasteiger charge is 2.43. The Kier molecular flexibility index (Phi) is 9.05. The summed E-state index contributed by atoms with van der Waals surface area (Å²) < 4.78 is 0. The standard InChI is InChI=1S/C22H34N4O.HI/c1-23-22(25-20-15-19(20)17-9-5-4-6-10-17)24-13-12-16-8-7-11-18(14-16)21(27)26(2)3;/h7-8,11,14,17,19-20H,4-6,9-10,12-13,15H2,1-3H3,(H2,23,24,25);1H. The van der Waals surface area contributed by atoms with Crippen LogP contribution in [0.15, 0.2) is 29.3 Å². The van der Waals surface area contributed by atoms with Crippen LogP contribution in [0, 0.1) is 11.8 Å². The molecule has 0 saturated heterocycles. The maximum absolute atomic E-state index is 12.1. The molecular formula is C22H35IN4O. The Balaban J connectivity index is 0.00000280. The predicted molar refractivity (Wildman–Crippen MR) is 127 cm³/mol. The van der Waals surface area contributed by atoms with Gasteiger partial charge in [0, 0.05) is 39.3 Å². The quantitative estimate of drug-likeness (QED) is 0.358. The van der Waals surface area contributed by atoms with Gasteiger partial charge in [0.15, 0.2) is 5.96 Å². The number of halogens is 1. The van der Waals surface area contributed by atoms with Gasteiger partial charge in [0.05, 0.1) is 0 Å². The van der Waals surface area contributed by atoms with E-state index in [2.05, 4.69) is 21.7 Å². The van der Waals surface area contributed by atoms with Gasteiger partial charge in [-0.15, -0.1) is 24.0 Å². The molecule has 6 heteroatoms. The number of aliphatic imine (C=N–C) groups is 1. The molecule has 0 radical (unpaired) electrons. The summed E-state index contributed by atoms with van der Waals surface area (Å²) >= 11 is 0. The van der Waals surface area contributed by atoms with Crippen molar-refractivity contribution >= 4 is 35.8 Å². The Morgan fingerprint density at radius 2 is 1.96 bits per heavy atom. The highest BCUT2D eigenvalue weighted by atomic mass is 127. The number of amides is 1. The molecule has 5 nitrogen and oxygen atoms in total. The molecule has 1 amide bonds. The topological polar surface area (TPSA) is 56.7 Å². The smallest absolute Gasteiger partial charge is 0.253 e. The molecule has 0 aromatic heterocycles. The minimum absolute atomic E-state index is 0. The van der Waals surface area contributed by atoms with Gasteiger partial charge in [0.1, 0.15) is 0 Å². The van der Waals surface area contributed by atoms with Crippen LogP contribution < -0.4 is 10.6 Å². The van der Waals surface area contributed by atoms with Gasteiger partial charge in [0.2, 0.25) is 0 Å². The molecule has 2 N–H and O–H groups in total. The number of rotatable bonds is 6. The number of guanidine groups is 1. The van der Waals surface area contributed by atoms with Crippen LogP contribution in [0.1, 0.15) is 54.4 Å². The maximum Gasteiger partial charge on any atom is 0.253 e. The minimum Gasteiger partial charge on any atom is -0.356 e.